The molecule has 0 bridgehead atoms. The fraction of sp³-hybridized carbons (Fsp3) is 0.300. The van der Waals surface area contributed by atoms with E-state index in [0.29, 0.717) is 6.61 Å². The Morgan fingerprint density at radius 3 is 2.36 bits per heavy atom. The second kappa shape index (κ2) is 10.0. The van der Waals surface area contributed by atoms with Crippen molar-refractivity contribution in [2.24, 2.45) is 0 Å². The second-order valence-electron chi connectivity index (χ2n) is 5.67. The molecule has 0 amide bonds. The van der Waals surface area contributed by atoms with E-state index in [9.17, 15) is 0 Å². The van der Waals surface area contributed by atoms with E-state index in [4.69, 9.17) is 32.7 Å². The van der Waals surface area contributed by atoms with E-state index in [2.05, 4.69) is 31.2 Å². The summed E-state index contributed by atoms with van der Waals surface area (Å²) in [5.41, 5.74) is 1.16. The average Bonchev–Trinajstić information content (AvgIpc) is 2.57. The summed E-state index contributed by atoms with van der Waals surface area (Å²) in [5, 5.41) is 0. The van der Waals surface area contributed by atoms with E-state index in [-0.39, 0.29) is 10.6 Å². The highest BCUT2D eigenvalue weighted by molar-refractivity contribution is 7.99. The number of rotatable bonds is 8. The summed E-state index contributed by atoms with van der Waals surface area (Å²) in [4.78, 5) is 2.34. The van der Waals surface area contributed by atoms with Crippen LogP contribution < -0.4 is 9.47 Å². The predicted octanol–water partition coefficient (Wildman–Crippen LogP) is 6.89. The van der Waals surface area contributed by atoms with Crippen LogP contribution in [-0.4, -0.2) is 12.7 Å². The zero-order valence-electron chi connectivity index (χ0n) is 14.6. The Bertz CT molecular complexity index is 708. The molecule has 0 spiro atoms. The van der Waals surface area contributed by atoms with Crippen LogP contribution in [0.5, 0.6) is 11.5 Å². The van der Waals surface area contributed by atoms with E-state index in [1.165, 1.54) is 9.79 Å². The Morgan fingerprint density at radius 1 is 1.08 bits per heavy atom. The Hall–Kier alpha value is -1.29. The van der Waals surface area contributed by atoms with E-state index >= 15 is 0 Å². The molecule has 0 heterocycles. The minimum absolute atomic E-state index is 0.182. The Kier molecular flexibility index (Phi) is 8.01. The number of hydrogen-bond acceptors (Lipinski definition) is 3. The van der Waals surface area contributed by atoms with Gasteiger partial charge in [0.05, 0.1) is 6.10 Å². The number of aryl methyl sites for hydroxylation is 1. The van der Waals surface area contributed by atoms with Crippen molar-refractivity contribution < 1.29 is 9.47 Å². The minimum Gasteiger partial charge on any atom is -0.491 e. The molecule has 134 valence electrons. The number of ether oxygens (including phenoxy) is 2. The standard InChI is InChI=1S/C20H22Cl2O2S/c1-4-15-13-18(9-10-19(15)23-12-11-20(21)22)25-17-7-5-16(6-8-17)24-14(2)3/h5-11,13-14H,4,12H2,1-3H3. The van der Waals surface area contributed by atoms with Crippen molar-refractivity contribution in [3.05, 3.63) is 58.6 Å². The number of benzene rings is 2. The second-order valence-corrected chi connectivity index (χ2v) is 7.82. The van der Waals surface area contributed by atoms with Gasteiger partial charge in [-0.15, -0.1) is 0 Å². The van der Waals surface area contributed by atoms with Gasteiger partial charge in [0.1, 0.15) is 22.6 Å². The summed E-state index contributed by atoms with van der Waals surface area (Å²) < 4.78 is 11.6. The maximum Gasteiger partial charge on any atom is 0.123 e. The van der Waals surface area contributed by atoms with Gasteiger partial charge in [-0.05, 0) is 74.4 Å². The van der Waals surface area contributed by atoms with Crippen molar-refractivity contribution >= 4 is 35.0 Å². The van der Waals surface area contributed by atoms with Gasteiger partial charge in [-0.25, -0.2) is 0 Å². The predicted molar refractivity (Wildman–Crippen MR) is 107 cm³/mol. The SMILES string of the molecule is CCc1cc(Sc2ccc(OC(C)C)cc2)ccc1OCC=C(Cl)Cl. The van der Waals surface area contributed by atoms with Gasteiger partial charge < -0.3 is 9.47 Å². The quantitative estimate of drug-likeness (QED) is 0.483. The molecule has 2 aromatic carbocycles. The average molecular weight is 397 g/mol. The van der Waals surface area contributed by atoms with E-state index < -0.39 is 0 Å². The van der Waals surface area contributed by atoms with E-state index in [0.717, 1.165) is 23.5 Å². The summed E-state index contributed by atoms with van der Waals surface area (Å²) >= 11 is 12.9. The number of halogens is 2. The van der Waals surface area contributed by atoms with Crippen molar-refractivity contribution in [2.75, 3.05) is 6.61 Å². The first kappa shape index (κ1) is 20.0. The third-order valence-electron chi connectivity index (χ3n) is 3.32. The molecule has 0 atom stereocenters. The molecular weight excluding hydrogens is 375 g/mol. The molecule has 0 aliphatic rings. The van der Waals surface area contributed by atoms with Gasteiger partial charge in [0.25, 0.3) is 0 Å². The van der Waals surface area contributed by atoms with Crippen LogP contribution in [0.4, 0.5) is 0 Å². The van der Waals surface area contributed by atoms with Gasteiger partial charge in [-0.3, -0.25) is 0 Å². The third kappa shape index (κ3) is 6.85. The fourth-order valence-corrected chi connectivity index (χ4v) is 3.23. The molecule has 25 heavy (non-hydrogen) atoms. The molecule has 0 aliphatic heterocycles. The molecule has 2 rings (SSSR count). The Morgan fingerprint density at radius 2 is 1.76 bits per heavy atom. The fourth-order valence-electron chi connectivity index (χ4n) is 2.23. The maximum atomic E-state index is 5.73. The van der Waals surface area contributed by atoms with Crippen LogP contribution in [0.15, 0.2) is 62.8 Å². The van der Waals surface area contributed by atoms with Gasteiger partial charge >= 0.3 is 0 Å². The van der Waals surface area contributed by atoms with Crippen molar-refractivity contribution in [3.8, 4) is 11.5 Å². The highest BCUT2D eigenvalue weighted by atomic mass is 35.5. The zero-order valence-corrected chi connectivity index (χ0v) is 16.9. The normalized spacial score (nSPS) is 10.6. The van der Waals surface area contributed by atoms with E-state index in [1.807, 2.05) is 32.0 Å². The summed E-state index contributed by atoms with van der Waals surface area (Å²) in [6.45, 7) is 6.52. The largest absolute Gasteiger partial charge is 0.491 e. The molecule has 0 saturated heterocycles. The van der Waals surface area contributed by atoms with Crippen molar-refractivity contribution in [1.82, 2.24) is 0 Å². The summed E-state index contributed by atoms with van der Waals surface area (Å²) in [7, 11) is 0. The first-order valence-electron chi connectivity index (χ1n) is 8.19. The van der Waals surface area contributed by atoms with Crippen LogP contribution in [-0.2, 0) is 6.42 Å². The molecule has 0 aromatic heterocycles. The van der Waals surface area contributed by atoms with Crippen molar-refractivity contribution in [2.45, 2.75) is 43.1 Å². The lowest BCUT2D eigenvalue weighted by Crippen LogP contribution is -2.04. The molecule has 0 unspecified atom stereocenters. The smallest absolute Gasteiger partial charge is 0.123 e. The molecule has 0 N–H and O–H groups in total. The van der Waals surface area contributed by atoms with Crippen LogP contribution in [0.2, 0.25) is 0 Å². The molecular formula is C20H22Cl2O2S. The molecule has 5 heteroatoms. The highest BCUT2D eigenvalue weighted by Crippen LogP contribution is 2.32. The lowest BCUT2D eigenvalue weighted by Gasteiger charge is -2.12. The Labute approximate surface area is 164 Å². The van der Waals surface area contributed by atoms with Crippen LogP contribution in [0.25, 0.3) is 0 Å². The van der Waals surface area contributed by atoms with Crippen molar-refractivity contribution in [1.29, 1.82) is 0 Å². The first-order valence-corrected chi connectivity index (χ1v) is 9.76. The lowest BCUT2D eigenvalue weighted by molar-refractivity contribution is 0.242. The van der Waals surface area contributed by atoms with Gasteiger partial charge in [0, 0.05) is 9.79 Å². The molecule has 2 aromatic rings. The molecule has 2 nitrogen and oxygen atoms in total. The monoisotopic (exact) mass is 396 g/mol. The first-order chi connectivity index (χ1) is 12.0. The highest BCUT2D eigenvalue weighted by Gasteiger charge is 2.06. The summed E-state index contributed by atoms with van der Waals surface area (Å²) in [6, 6.07) is 14.4. The molecule has 0 fully saturated rings. The van der Waals surface area contributed by atoms with Gasteiger partial charge in [-0.2, -0.15) is 0 Å². The van der Waals surface area contributed by atoms with Gasteiger partial charge in [0.15, 0.2) is 0 Å². The Balaban J connectivity index is 2.05. The zero-order chi connectivity index (χ0) is 18.2. The minimum atomic E-state index is 0.182. The van der Waals surface area contributed by atoms with Crippen LogP contribution in [0, 0.1) is 0 Å². The topological polar surface area (TPSA) is 18.5 Å². The number of hydrogen-bond donors (Lipinski definition) is 0. The van der Waals surface area contributed by atoms with Crippen molar-refractivity contribution in [3.63, 3.8) is 0 Å². The maximum absolute atomic E-state index is 5.73. The summed E-state index contributed by atoms with van der Waals surface area (Å²) in [5.74, 6) is 1.75. The summed E-state index contributed by atoms with van der Waals surface area (Å²) in [6.07, 6.45) is 2.71. The van der Waals surface area contributed by atoms with Gasteiger partial charge in [-0.1, -0.05) is 41.9 Å². The van der Waals surface area contributed by atoms with E-state index in [1.54, 1.807) is 17.8 Å². The van der Waals surface area contributed by atoms with Crippen LogP contribution >= 0.6 is 35.0 Å². The van der Waals surface area contributed by atoms with Gasteiger partial charge in [0.2, 0.25) is 0 Å². The molecule has 0 saturated carbocycles. The van der Waals surface area contributed by atoms with Crippen LogP contribution in [0.3, 0.4) is 0 Å². The molecule has 0 radical (unpaired) electrons. The third-order valence-corrected chi connectivity index (χ3v) is 4.63. The lowest BCUT2D eigenvalue weighted by atomic mass is 10.1. The van der Waals surface area contributed by atoms with Crippen LogP contribution in [0.1, 0.15) is 26.3 Å². The molecule has 0 aliphatic carbocycles.